The Morgan fingerprint density at radius 2 is 2.18 bits per heavy atom. The number of aromatic hydroxyl groups is 2. The van der Waals surface area contributed by atoms with Crippen LogP contribution in [-0.2, 0) is 11.3 Å². The number of nitrogens with one attached hydrogen (secondary N) is 1. The summed E-state index contributed by atoms with van der Waals surface area (Å²) >= 11 is 0. The summed E-state index contributed by atoms with van der Waals surface area (Å²) in [5, 5.41) is 21.6. The molecule has 1 aromatic carbocycles. The summed E-state index contributed by atoms with van der Waals surface area (Å²) in [5.41, 5.74) is 0.836. The number of phenols is 2. The molecule has 92 valence electrons. The average molecular weight is 236 g/mol. The number of hydrogen-bond donors (Lipinski definition) is 3. The summed E-state index contributed by atoms with van der Waals surface area (Å²) in [5.74, 6) is -0.169. The van der Waals surface area contributed by atoms with Crippen molar-refractivity contribution in [2.24, 2.45) is 0 Å². The molecule has 1 atom stereocenters. The largest absolute Gasteiger partial charge is 0.504 e. The molecule has 2 rings (SSSR count). The van der Waals surface area contributed by atoms with Crippen LogP contribution in [0.1, 0.15) is 12.0 Å². The molecule has 1 fully saturated rings. The Labute approximate surface area is 99.7 Å². The van der Waals surface area contributed by atoms with Gasteiger partial charge in [-0.1, -0.05) is 6.07 Å². The van der Waals surface area contributed by atoms with Crippen LogP contribution >= 0.6 is 0 Å². The van der Waals surface area contributed by atoms with E-state index in [1.54, 1.807) is 18.0 Å². The van der Waals surface area contributed by atoms with Crippen molar-refractivity contribution in [1.82, 2.24) is 10.2 Å². The maximum absolute atomic E-state index is 11.6. The third kappa shape index (κ3) is 2.50. The molecule has 3 N–H and O–H groups in total. The van der Waals surface area contributed by atoms with Crippen LogP contribution in [0.2, 0.25) is 0 Å². The minimum absolute atomic E-state index is 0.105. The van der Waals surface area contributed by atoms with Gasteiger partial charge in [0, 0.05) is 20.1 Å². The van der Waals surface area contributed by atoms with Gasteiger partial charge in [0.1, 0.15) is 0 Å². The van der Waals surface area contributed by atoms with E-state index in [-0.39, 0.29) is 23.4 Å². The number of benzene rings is 1. The fraction of sp³-hybridized carbons (Fsp3) is 0.417. The van der Waals surface area contributed by atoms with Crippen LogP contribution < -0.4 is 5.32 Å². The van der Waals surface area contributed by atoms with Gasteiger partial charge in [0.05, 0.1) is 6.04 Å². The zero-order valence-electron chi connectivity index (χ0n) is 9.68. The predicted molar refractivity (Wildman–Crippen MR) is 62.7 cm³/mol. The number of amides is 1. The minimum Gasteiger partial charge on any atom is -0.504 e. The average Bonchev–Trinajstić information content (AvgIpc) is 2.62. The lowest BCUT2D eigenvalue weighted by Crippen LogP contribution is -2.36. The Kier molecular flexibility index (Phi) is 3.19. The zero-order chi connectivity index (χ0) is 12.4. The second-order valence-electron chi connectivity index (χ2n) is 4.31. The van der Waals surface area contributed by atoms with E-state index in [1.807, 2.05) is 0 Å². The maximum Gasteiger partial charge on any atom is 0.239 e. The number of hydrogen-bond acceptors (Lipinski definition) is 4. The molecule has 1 aliphatic rings. The van der Waals surface area contributed by atoms with Crippen molar-refractivity contribution in [2.75, 3.05) is 13.6 Å². The van der Waals surface area contributed by atoms with Gasteiger partial charge in [0.15, 0.2) is 11.5 Å². The molecule has 0 bridgehead atoms. The molecular formula is C12H16N2O3. The summed E-state index contributed by atoms with van der Waals surface area (Å²) in [7, 11) is 1.79. The van der Waals surface area contributed by atoms with Crippen LogP contribution in [0.25, 0.3) is 0 Å². The third-order valence-electron chi connectivity index (χ3n) is 3.02. The predicted octanol–water partition coefficient (Wildman–Crippen LogP) is 0.418. The molecule has 5 heteroatoms. The minimum atomic E-state index is -0.143. The lowest BCUT2D eigenvalue weighted by atomic mass is 10.1. The number of nitrogens with zero attached hydrogens (tertiary/aromatic N) is 1. The lowest BCUT2D eigenvalue weighted by molar-refractivity contribution is -0.128. The number of carbonyl (C=O) groups excluding carboxylic acids is 1. The second-order valence-corrected chi connectivity index (χ2v) is 4.31. The number of rotatable bonds is 3. The van der Waals surface area contributed by atoms with Crippen molar-refractivity contribution in [2.45, 2.75) is 19.0 Å². The Morgan fingerprint density at radius 1 is 1.41 bits per heavy atom. The first-order chi connectivity index (χ1) is 8.08. The van der Waals surface area contributed by atoms with Crippen molar-refractivity contribution in [1.29, 1.82) is 0 Å². The van der Waals surface area contributed by atoms with Crippen LogP contribution in [-0.4, -0.2) is 40.7 Å². The van der Waals surface area contributed by atoms with E-state index in [4.69, 9.17) is 5.11 Å². The van der Waals surface area contributed by atoms with Crippen molar-refractivity contribution >= 4 is 5.91 Å². The third-order valence-corrected chi connectivity index (χ3v) is 3.02. The number of likely N-dealkylation sites (N-methyl/N-ethyl adjacent to an activating group) is 1. The number of likely N-dealkylation sites (tertiary alicyclic amines) is 1. The van der Waals surface area contributed by atoms with Gasteiger partial charge in [0.2, 0.25) is 5.91 Å². The van der Waals surface area contributed by atoms with E-state index in [0.29, 0.717) is 6.54 Å². The SMILES string of the molecule is CN1CCC(NCc2ccc(O)c(O)c2)C1=O. The molecule has 0 aliphatic carbocycles. The Hall–Kier alpha value is -1.75. The molecule has 0 spiro atoms. The molecule has 5 nitrogen and oxygen atoms in total. The maximum atomic E-state index is 11.6. The van der Waals surface area contributed by atoms with Gasteiger partial charge in [-0.2, -0.15) is 0 Å². The molecule has 1 saturated heterocycles. The first kappa shape index (κ1) is 11.7. The van der Waals surface area contributed by atoms with Gasteiger partial charge in [-0.05, 0) is 24.1 Å². The van der Waals surface area contributed by atoms with Gasteiger partial charge in [0.25, 0.3) is 0 Å². The van der Waals surface area contributed by atoms with E-state index < -0.39 is 0 Å². The smallest absolute Gasteiger partial charge is 0.239 e. The van der Waals surface area contributed by atoms with Crippen molar-refractivity contribution in [3.63, 3.8) is 0 Å². The fourth-order valence-electron chi connectivity index (χ4n) is 1.93. The van der Waals surface area contributed by atoms with Crippen LogP contribution in [0.5, 0.6) is 11.5 Å². The normalized spacial score (nSPS) is 19.9. The summed E-state index contributed by atoms with van der Waals surface area (Å²) in [6, 6.07) is 4.50. The number of phenolic OH excluding ortho intramolecular Hbond substituents is 2. The molecule has 1 unspecified atom stereocenters. The van der Waals surface area contributed by atoms with E-state index in [2.05, 4.69) is 5.32 Å². The van der Waals surface area contributed by atoms with Crippen molar-refractivity contribution < 1.29 is 15.0 Å². The highest BCUT2D eigenvalue weighted by atomic mass is 16.3. The van der Waals surface area contributed by atoms with Gasteiger partial charge in [-0.25, -0.2) is 0 Å². The highest BCUT2D eigenvalue weighted by Crippen LogP contribution is 2.24. The topological polar surface area (TPSA) is 72.8 Å². The molecule has 17 heavy (non-hydrogen) atoms. The van der Waals surface area contributed by atoms with Crippen LogP contribution in [0.15, 0.2) is 18.2 Å². The van der Waals surface area contributed by atoms with Gasteiger partial charge >= 0.3 is 0 Å². The molecule has 0 radical (unpaired) electrons. The fourth-order valence-corrected chi connectivity index (χ4v) is 1.93. The van der Waals surface area contributed by atoms with Gasteiger partial charge < -0.3 is 20.4 Å². The van der Waals surface area contributed by atoms with Crippen molar-refractivity contribution in [3.8, 4) is 11.5 Å². The standard InChI is InChI=1S/C12H16N2O3/c1-14-5-4-9(12(14)17)13-7-8-2-3-10(15)11(16)6-8/h2-3,6,9,13,15-16H,4-5,7H2,1H3. The van der Waals surface area contributed by atoms with Gasteiger partial charge in [-0.3, -0.25) is 4.79 Å². The molecule has 1 amide bonds. The quantitative estimate of drug-likeness (QED) is 0.665. The van der Waals surface area contributed by atoms with E-state index in [1.165, 1.54) is 12.1 Å². The summed E-state index contributed by atoms with van der Waals surface area (Å²) in [4.78, 5) is 13.3. The van der Waals surface area contributed by atoms with Gasteiger partial charge in [-0.15, -0.1) is 0 Å². The summed E-state index contributed by atoms with van der Waals surface area (Å²) in [6.45, 7) is 1.27. The van der Waals surface area contributed by atoms with Crippen molar-refractivity contribution in [3.05, 3.63) is 23.8 Å². The van der Waals surface area contributed by atoms with Crippen LogP contribution in [0, 0.1) is 0 Å². The number of carbonyl (C=O) groups is 1. The highest BCUT2D eigenvalue weighted by Gasteiger charge is 2.28. The lowest BCUT2D eigenvalue weighted by Gasteiger charge is -2.12. The molecule has 1 aromatic rings. The van der Waals surface area contributed by atoms with E-state index in [9.17, 15) is 9.90 Å². The molecular weight excluding hydrogens is 220 g/mol. The van der Waals surface area contributed by atoms with E-state index >= 15 is 0 Å². The Bertz CT molecular complexity index is 434. The summed E-state index contributed by atoms with van der Waals surface area (Å²) < 4.78 is 0. The van der Waals surface area contributed by atoms with Crippen LogP contribution in [0.3, 0.4) is 0 Å². The first-order valence-electron chi connectivity index (χ1n) is 5.57. The first-order valence-corrected chi connectivity index (χ1v) is 5.57. The Balaban J connectivity index is 1.94. The molecule has 0 saturated carbocycles. The van der Waals surface area contributed by atoms with E-state index in [0.717, 1.165) is 18.5 Å². The zero-order valence-corrected chi connectivity index (χ0v) is 9.68. The Morgan fingerprint density at radius 3 is 2.76 bits per heavy atom. The summed E-state index contributed by atoms with van der Waals surface area (Å²) in [6.07, 6.45) is 0.805. The monoisotopic (exact) mass is 236 g/mol. The molecule has 0 aromatic heterocycles. The van der Waals surface area contributed by atoms with Crippen LogP contribution in [0.4, 0.5) is 0 Å². The molecule has 1 heterocycles. The molecule has 1 aliphatic heterocycles. The second kappa shape index (κ2) is 4.63. The highest BCUT2D eigenvalue weighted by molar-refractivity contribution is 5.83.